The Bertz CT molecular complexity index is 648. The summed E-state index contributed by atoms with van der Waals surface area (Å²) in [4.78, 5) is 4.49. The Morgan fingerprint density at radius 1 is 1.10 bits per heavy atom. The van der Waals surface area contributed by atoms with Crippen LogP contribution in [0.3, 0.4) is 0 Å². The maximum Gasteiger partial charge on any atom is 0.191 e. The number of guanidine groups is 1. The van der Waals surface area contributed by atoms with Crippen LogP contribution in [-0.4, -0.2) is 52.0 Å². The molecule has 2 heterocycles. The van der Waals surface area contributed by atoms with Crippen LogP contribution in [0.15, 0.2) is 35.3 Å². The van der Waals surface area contributed by atoms with Gasteiger partial charge in [0.15, 0.2) is 5.96 Å². The number of benzene rings is 1. The minimum atomic E-state index is 0.0963. The molecule has 2 saturated heterocycles. The summed E-state index contributed by atoms with van der Waals surface area (Å²) in [6, 6.07) is 10.8. The molecule has 162 valence electrons. The van der Waals surface area contributed by atoms with E-state index < -0.39 is 0 Å². The summed E-state index contributed by atoms with van der Waals surface area (Å²) < 4.78 is 11.8. The highest BCUT2D eigenvalue weighted by atomic mass is 16.5. The van der Waals surface area contributed by atoms with Crippen molar-refractivity contribution in [3.05, 3.63) is 35.9 Å². The SMILES string of the molecule is CN=C(NCC1CCCOC1C(C)(C)C)NCC1(c2ccccc2)CCOCC1. The second-order valence-electron chi connectivity index (χ2n) is 9.63. The van der Waals surface area contributed by atoms with Crippen LogP contribution in [0.4, 0.5) is 0 Å². The summed E-state index contributed by atoms with van der Waals surface area (Å²) in [6.07, 6.45) is 4.69. The van der Waals surface area contributed by atoms with Gasteiger partial charge < -0.3 is 20.1 Å². The maximum atomic E-state index is 6.14. The molecule has 0 spiro atoms. The lowest BCUT2D eigenvalue weighted by Gasteiger charge is -2.41. The number of hydrogen-bond acceptors (Lipinski definition) is 3. The van der Waals surface area contributed by atoms with Crippen LogP contribution in [0.25, 0.3) is 0 Å². The summed E-state index contributed by atoms with van der Waals surface area (Å²) in [6.45, 7) is 11.1. The largest absolute Gasteiger partial charge is 0.381 e. The van der Waals surface area contributed by atoms with Crippen LogP contribution in [0, 0.1) is 11.3 Å². The van der Waals surface area contributed by atoms with Gasteiger partial charge in [-0.3, -0.25) is 4.99 Å². The van der Waals surface area contributed by atoms with Crippen molar-refractivity contribution >= 4 is 5.96 Å². The van der Waals surface area contributed by atoms with Gasteiger partial charge in [-0.05, 0) is 36.7 Å². The van der Waals surface area contributed by atoms with E-state index in [0.29, 0.717) is 5.92 Å². The third-order valence-corrected chi connectivity index (χ3v) is 6.48. The molecule has 2 aliphatic heterocycles. The van der Waals surface area contributed by atoms with Crippen LogP contribution in [0.1, 0.15) is 52.0 Å². The molecule has 0 aliphatic carbocycles. The molecule has 2 unspecified atom stereocenters. The van der Waals surface area contributed by atoms with Crippen LogP contribution in [0.5, 0.6) is 0 Å². The third kappa shape index (κ3) is 5.73. The Labute approximate surface area is 176 Å². The van der Waals surface area contributed by atoms with Crippen LogP contribution in [0.2, 0.25) is 0 Å². The molecule has 0 amide bonds. The van der Waals surface area contributed by atoms with Gasteiger partial charge in [-0.2, -0.15) is 0 Å². The molecule has 29 heavy (non-hydrogen) atoms. The second-order valence-corrected chi connectivity index (χ2v) is 9.63. The number of nitrogens with zero attached hydrogens (tertiary/aromatic N) is 1. The average molecular weight is 402 g/mol. The van der Waals surface area contributed by atoms with E-state index in [9.17, 15) is 0 Å². The minimum Gasteiger partial charge on any atom is -0.381 e. The zero-order valence-electron chi connectivity index (χ0n) is 18.7. The topological polar surface area (TPSA) is 54.9 Å². The van der Waals surface area contributed by atoms with Crippen molar-refractivity contribution in [3.63, 3.8) is 0 Å². The van der Waals surface area contributed by atoms with Crippen molar-refractivity contribution in [2.24, 2.45) is 16.3 Å². The van der Waals surface area contributed by atoms with Crippen molar-refractivity contribution in [1.29, 1.82) is 0 Å². The highest BCUT2D eigenvalue weighted by molar-refractivity contribution is 5.79. The Morgan fingerprint density at radius 2 is 1.83 bits per heavy atom. The van der Waals surface area contributed by atoms with E-state index in [2.05, 4.69) is 66.7 Å². The van der Waals surface area contributed by atoms with E-state index in [-0.39, 0.29) is 16.9 Å². The molecule has 5 nitrogen and oxygen atoms in total. The molecule has 1 aromatic rings. The summed E-state index contributed by atoms with van der Waals surface area (Å²) in [5.74, 6) is 1.39. The van der Waals surface area contributed by atoms with E-state index in [1.807, 2.05) is 7.05 Å². The van der Waals surface area contributed by atoms with Gasteiger partial charge in [0.05, 0.1) is 6.10 Å². The Hall–Kier alpha value is -1.59. The van der Waals surface area contributed by atoms with E-state index in [4.69, 9.17) is 9.47 Å². The Kier molecular flexibility index (Phi) is 7.58. The zero-order valence-corrected chi connectivity index (χ0v) is 18.7. The van der Waals surface area contributed by atoms with Gasteiger partial charge in [0.1, 0.15) is 0 Å². The molecule has 1 aromatic carbocycles. The number of nitrogens with one attached hydrogen (secondary N) is 2. The second kappa shape index (κ2) is 9.94. The molecule has 2 N–H and O–H groups in total. The standard InChI is InChI=1S/C24H39N3O2/c1-23(2,3)21-19(9-8-14-29-21)17-26-22(25-4)27-18-24(12-15-28-16-13-24)20-10-6-5-7-11-20/h5-7,10-11,19,21H,8-9,12-18H2,1-4H3,(H2,25,26,27). The van der Waals surface area contributed by atoms with Gasteiger partial charge in [0, 0.05) is 51.3 Å². The average Bonchev–Trinajstić information content (AvgIpc) is 2.75. The number of ether oxygens (including phenoxy) is 2. The lowest BCUT2D eigenvalue weighted by Crippen LogP contribution is -2.50. The van der Waals surface area contributed by atoms with Crippen molar-refractivity contribution in [1.82, 2.24) is 10.6 Å². The van der Waals surface area contributed by atoms with Crippen molar-refractivity contribution < 1.29 is 9.47 Å². The first-order valence-corrected chi connectivity index (χ1v) is 11.1. The molecule has 2 atom stereocenters. The molecular weight excluding hydrogens is 362 g/mol. The molecule has 0 bridgehead atoms. The van der Waals surface area contributed by atoms with Crippen molar-refractivity contribution in [3.8, 4) is 0 Å². The van der Waals surface area contributed by atoms with E-state index in [1.54, 1.807) is 0 Å². The Morgan fingerprint density at radius 3 is 2.48 bits per heavy atom. The highest BCUT2D eigenvalue weighted by Crippen LogP contribution is 2.35. The molecule has 5 heteroatoms. The third-order valence-electron chi connectivity index (χ3n) is 6.48. The monoisotopic (exact) mass is 401 g/mol. The summed E-state index contributed by atoms with van der Waals surface area (Å²) in [5.41, 5.74) is 1.64. The summed E-state index contributed by atoms with van der Waals surface area (Å²) in [7, 11) is 1.85. The fourth-order valence-corrected chi connectivity index (χ4v) is 4.83. The molecule has 2 aliphatic rings. The van der Waals surface area contributed by atoms with Crippen LogP contribution >= 0.6 is 0 Å². The first kappa shape index (κ1) is 22.1. The highest BCUT2D eigenvalue weighted by Gasteiger charge is 2.36. The van der Waals surface area contributed by atoms with E-state index in [0.717, 1.165) is 58.1 Å². The summed E-state index contributed by atoms with van der Waals surface area (Å²) in [5, 5.41) is 7.19. The minimum absolute atomic E-state index is 0.0963. The molecule has 3 rings (SSSR count). The van der Waals surface area contributed by atoms with Crippen LogP contribution < -0.4 is 10.6 Å². The maximum absolute atomic E-state index is 6.14. The lowest BCUT2D eigenvalue weighted by atomic mass is 9.74. The van der Waals surface area contributed by atoms with Gasteiger partial charge in [0.2, 0.25) is 0 Å². The molecule has 0 aromatic heterocycles. The first-order chi connectivity index (χ1) is 13.9. The Balaban J connectivity index is 1.60. The smallest absolute Gasteiger partial charge is 0.191 e. The lowest BCUT2D eigenvalue weighted by molar-refractivity contribution is -0.0835. The predicted octanol–water partition coefficient (Wildman–Crippen LogP) is 3.74. The van der Waals surface area contributed by atoms with Gasteiger partial charge in [-0.1, -0.05) is 51.1 Å². The predicted molar refractivity (Wildman–Crippen MR) is 119 cm³/mol. The van der Waals surface area contributed by atoms with Crippen molar-refractivity contribution in [2.75, 3.05) is 40.0 Å². The number of rotatable bonds is 5. The van der Waals surface area contributed by atoms with Gasteiger partial charge in [-0.25, -0.2) is 0 Å². The van der Waals surface area contributed by atoms with Crippen LogP contribution in [-0.2, 0) is 14.9 Å². The molecule has 2 fully saturated rings. The zero-order chi connectivity index (χ0) is 20.7. The van der Waals surface area contributed by atoms with Gasteiger partial charge in [-0.15, -0.1) is 0 Å². The first-order valence-electron chi connectivity index (χ1n) is 11.1. The van der Waals surface area contributed by atoms with Gasteiger partial charge >= 0.3 is 0 Å². The normalized spacial score (nSPS) is 25.4. The van der Waals surface area contributed by atoms with Gasteiger partial charge in [0.25, 0.3) is 0 Å². The quantitative estimate of drug-likeness (QED) is 0.583. The fourth-order valence-electron chi connectivity index (χ4n) is 4.83. The van der Waals surface area contributed by atoms with E-state index in [1.165, 1.54) is 12.0 Å². The molecular formula is C24H39N3O2. The van der Waals surface area contributed by atoms with E-state index >= 15 is 0 Å². The summed E-state index contributed by atoms with van der Waals surface area (Å²) >= 11 is 0. The number of aliphatic imine (C=N–C) groups is 1. The van der Waals surface area contributed by atoms with Crippen molar-refractivity contribution in [2.45, 2.75) is 58.0 Å². The molecule has 0 saturated carbocycles. The number of hydrogen-bond donors (Lipinski definition) is 2. The molecule has 0 radical (unpaired) electrons. The fraction of sp³-hybridized carbons (Fsp3) is 0.708.